The van der Waals surface area contributed by atoms with Gasteiger partial charge in [-0.3, -0.25) is 0 Å². The Labute approximate surface area is 86.4 Å². The molecule has 2 heteroatoms. The molecule has 0 radical (unpaired) electrons. The molecule has 80 valence electrons. The van der Waals surface area contributed by atoms with E-state index in [-0.39, 0.29) is 5.60 Å². The van der Waals surface area contributed by atoms with Crippen molar-refractivity contribution in [2.24, 2.45) is 5.92 Å². The van der Waals surface area contributed by atoms with Gasteiger partial charge in [-0.1, -0.05) is 19.3 Å². The van der Waals surface area contributed by atoms with Crippen LogP contribution in [0.5, 0.6) is 0 Å². The molecule has 1 unspecified atom stereocenters. The molecule has 1 heterocycles. The molecular formula is C12H21NO. The monoisotopic (exact) mass is 195 g/mol. The highest BCUT2D eigenvalue weighted by molar-refractivity contribution is 4.95. The third kappa shape index (κ3) is 1.49. The molecule has 0 aromatic carbocycles. The maximum Gasteiger partial charge on any atom is 0.0810 e. The molecule has 0 amide bonds. The number of morpholine rings is 1. The summed E-state index contributed by atoms with van der Waals surface area (Å²) in [6.45, 7) is 2.21. The van der Waals surface area contributed by atoms with E-state index in [1.54, 1.807) is 0 Å². The normalized spacial score (nSPS) is 37.3. The highest BCUT2D eigenvalue weighted by Gasteiger charge is 2.42. The molecule has 1 N–H and O–H groups in total. The van der Waals surface area contributed by atoms with Gasteiger partial charge < -0.3 is 10.1 Å². The minimum absolute atomic E-state index is 0.249. The highest BCUT2D eigenvalue weighted by Crippen LogP contribution is 2.40. The van der Waals surface area contributed by atoms with Gasteiger partial charge in [0.25, 0.3) is 0 Å². The van der Waals surface area contributed by atoms with Crippen molar-refractivity contribution in [3.8, 4) is 0 Å². The quantitative estimate of drug-likeness (QED) is 0.691. The van der Waals surface area contributed by atoms with Gasteiger partial charge in [-0.05, 0) is 31.6 Å². The van der Waals surface area contributed by atoms with Gasteiger partial charge in [0, 0.05) is 13.1 Å². The molecule has 2 saturated carbocycles. The van der Waals surface area contributed by atoms with Gasteiger partial charge in [0.1, 0.15) is 0 Å². The van der Waals surface area contributed by atoms with Crippen LogP contribution in [-0.2, 0) is 4.74 Å². The van der Waals surface area contributed by atoms with Gasteiger partial charge in [0.2, 0.25) is 0 Å². The Morgan fingerprint density at radius 3 is 2.50 bits per heavy atom. The zero-order chi connectivity index (χ0) is 9.43. The number of hydrogen-bond acceptors (Lipinski definition) is 2. The van der Waals surface area contributed by atoms with Crippen LogP contribution >= 0.6 is 0 Å². The van der Waals surface area contributed by atoms with Crippen LogP contribution in [0, 0.1) is 5.92 Å². The minimum atomic E-state index is 0.249. The molecule has 1 saturated heterocycles. The summed E-state index contributed by atoms with van der Waals surface area (Å²) in [4.78, 5) is 0. The molecule has 1 spiro atoms. The second kappa shape index (κ2) is 3.49. The van der Waals surface area contributed by atoms with Crippen LogP contribution in [0.1, 0.15) is 44.9 Å². The maximum atomic E-state index is 6.38. The summed E-state index contributed by atoms with van der Waals surface area (Å²) in [7, 11) is 0. The van der Waals surface area contributed by atoms with Gasteiger partial charge >= 0.3 is 0 Å². The van der Waals surface area contributed by atoms with Crippen LogP contribution in [0.25, 0.3) is 0 Å². The molecule has 2 nitrogen and oxygen atoms in total. The highest BCUT2D eigenvalue weighted by atomic mass is 16.5. The molecule has 3 aliphatic rings. The van der Waals surface area contributed by atoms with Crippen LogP contribution in [0.3, 0.4) is 0 Å². The van der Waals surface area contributed by atoms with Crippen LogP contribution in [0.15, 0.2) is 0 Å². The lowest BCUT2D eigenvalue weighted by Crippen LogP contribution is -2.55. The first-order chi connectivity index (χ1) is 6.88. The third-order valence-corrected chi connectivity index (χ3v) is 4.38. The molecule has 1 aliphatic heterocycles. The van der Waals surface area contributed by atoms with E-state index in [1.807, 2.05) is 0 Å². The van der Waals surface area contributed by atoms with E-state index in [4.69, 9.17) is 4.74 Å². The Kier molecular flexibility index (Phi) is 2.29. The largest absolute Gasteiger partial charge is 0.369 e. The van der Waals surface area contributed by atoms with Crippen molar-refractivity contribution >= 4 is 0 Å². The molecule has 0 bridgehead atoms. The van der Waals surface area contributed by atoms with E-state index in [0.29, 0.717) is 6.10 Å². The fourth-order valence-corrected chi connectivity index (χ4v) is 3.24. The lowest BCUT2D eigenvalue weighted by atomic mass is 9.80. The molecule has 14 heavy (non-hydrogen) atoms. The first-order valence-electron chi connectivity index (χ1n) is 6.27. The summed E-state index contributed by atoms with van der Waals surface area (Å²) in [6.07, 6.45) is 10.1. The van der Waals surface area contributed by atoms with E-state index in [1.165, 1.54) is 44.9 Å². The first kappa shape index (κ1) is 9.17. The van der Waals surface area contributed by atoms with Crippen molar-refractivity contribution in [1.82, 2.24) is 5.32 Å². The second-order valence-electron chi connectivity index (χ2n) is 5.37. The van der Waals surface area contributed by atoms with Gasteiger partial charge in [0.05, 0.1) is 11.7 Å². The molecule has 0 aromatic heterocycles. The standard InChI is InChI=1S/C12H21NO/c1-2-7-12(6-1)9-13-8-11(14-12)10-4-3-5-10/h10-11,13H,1-9H2. The lowest BCUT2D eigenvalue weighted by molar-refractivity contribution is -0.142. The summed E-state index contributed by atoms with van der Waals surface area (Å²) < 4.78 is 6.38. The minimum Gasteiger partial charge on any atom is -0.369 e. The van der Waals surface area contributed by atoms with Crippen molar-refractivity contribution in [2.45, 2.75) is 56.7 Å². The van der Waals surface area contributed by atoms with Crippen LogP contribution in [-0.4, -0.2) is 24.8 Å². The number of ether oxygens (including phenoxy) is 1. The predicted octanol–water partition coefficient (Wildman–Crippen LogP) is 2.09. The lowest BCUT2D eigenvalue weighted by Gasteiger charge is -2.44. The summed E-state index contributed by atoms with van der Waals surface area (Å²) in [5.74, 6) is 0.875. The van der Waals surface area contributed by atoms with Crippen molar-refractivity contribution < 1.29 is 4.74 Å². The summed E-state index contributed by atoms with van der Waals surface area (Å²) >= 11 is 0. The Morgan fingerprint density at radius 1 is 1.07 bits per heavy atom. The topological polar surface area (TPSA) is 21.3 Å². The van der Waals surface area contributed by atoms with Crippen molar-refractivity contribution in [2.75, 3.05) is 13.1 Å². The predicted molar refractivity (Wildman–Crippen MR) is 56.3 cm³/mol. The summed E-state index contributed by atoms with van der Waals surface area (Å²) in [5, 5.41) is 3.59. The van der Waals surface area contributed by atoms with Gasteiger partial charge in [-0.15, -0.1) is 0 Å². The Bertz CT molecular complexity index is 206. The van der Waals surface area contributed by atoms with Crippen molar-refractivity contribution in [1.29, 1.82) is 0 Å². The van der Waals surface area contributed by atoms with Gasteiger partial charge in [0.15, 0.2) is 0 Å². The molecule has 3 fully saturated rings. The van der Waals surface area contributed by atoms with Gasteiger partial charge in [-0.2, -0.15) is 0 Å². The average Bonchev–Trinajstić information content (AvgIpc) is 2.50. The fourth-order valence-electron chi connectivity index (χ4n) is 3.24. The van der Waals surface area contributed by atoms with Crippen LogP contribution in [0.2, 0.25) is 0 Å². The van der Waals surface area contributed by atoms with Crippen molar-refractivity contribution in [3.05, 3.63) is 0 Å². The molecule has 3 rings (SSSR count). The SMILES string of the molecule is C1CC(C2CNCC3(CCCC3)O2)C1. The van der Waals surface area contributed by atoms with Crippen molar-refractivity contribution in [3.63, 3.8) is 0 Å². The summed E-state index contributed by atoms with van der Waals surface area (Å²) in [5.41, 5.74) is 0.249. The molecule has 2 aliphatic carbocycles. The summed E-state index contributed by atoms with van der Waals surface area (Å²) in [6, 6.07) is 0. The van der Waals surface area contributed by atoms with Crippen LogP contribution < -0.4 is 5.32 Å². The molecule has 1 atom stereocenters. The van der Waals surface area contributed by atoms with E-state index < -0.39 is 0 Å². The van der Waals surface area contributed by atoms with E-state index in [2.05, 4.69) is 5.32 Å². The average molecular weight is 195 g/mol. The molecule has 0 aromatic rings. The van der Waals surface area contributed by atoms with E-state index in [0.717, 1.165) is 19.0 Å². The second-order valence-corrected chi connectivity index (χ2v) is 5.37. The van der Waals surface area contributed by atoms with Gasteiger partial charge in [-0.25, -0.2) is 0 Å². The number of nitrogens with one attached hydrogen (secondary N) is 1. The Hall–Kier alpha value is -0.0800. The van der Waals surface area contributed by atoms with E-state index >= 15 is 0 Å². The first-order valence-corrected chi connectivity index (χ1v) is 6.27. The fraction of sp³-hybridized carbons (Fsp3) is 1.00. The number of hydrogen-bond donors (Lipinski definition) is 1. The molecular weight excluding hydrogens is 174 g/mol. The van der Waals surface area contributed by atoms with E-state index in [9.17, 15) is 0 Å². The smallest absolute Gasteiger partial charge is 0.0810 e. The Morgan fingerprint density at radius 2 is 1.86 bits per heavy atom. The third-order valence-electron chi connectivity index (χ3n) is 4.38. The maximum absolute atomic E-state index is 6.38. The van der Waals surface area contributed by atoms with Crippen LogP contribution in [0.4, 0.5) is 0 Å². The zero-order valence-corrected chi connectivity index (χ0v) is 8.93. The number of rotatable bonds is 1. The zero-order valence-electron chi connectivity index (χ0n) is 8.93. The Balaban J connectivity index is 1.65.